The third-order valence-electron chi connectivity index (χ3n) is 3.52. The minimum Gasteiger partial charge on any atom is -0.371 e. The monoisotopic (exact) mass is 259 g/mol. The van der Waals surface area contributed by atoms with E-state index in [-0.39, 0.29) is 11.5 Å². The number of nitrogens with one attached hydrogen (secondary N) is 2. The van der Waals surface area contributed by atoms with Crippen LogP contribution in [0, 0.1) is 0 Å². The molecule has 102 valence electrons. The average Bonchev–Trinajstić information content (AvgIpc) is 2.82. The average molecular weight is 259 g/mol. The molecule has 1 atom stereocenters. The Balaban J connectivity index is 1.96. The molecule has 2 heterocycles. The Labute approximate surface area is 113 Å². The van der Waals surface area contributed by atoms with Crippen LogP contribution in [-0.4, -0.2) is 29.7 Å². The van der Waals surface area contributed by atoms with Gasteiger partial charge in [-0.25, -0.2) is 4.98 Å². The smallest absolute Gasteiger partial charge is 0.112 e. The van der Waals surface area contributed by atoms with Gasteiger partial charge in [0.15, 0.2) is 0 Å². The Bertz CT molecular complexity index is 577. The lowest BCUT2D eigenvalue weighted by Gasteiger charge is -2.23. The second-order valence-electron chi connectivity index (χ2n) is 6.18. The summed E-state index contributed by atoms with van der Waals surface area (Å²) in [5.74, 6) is 1.03. The van der Waals surface area contributed by atoms with E-state index in [1.807, 2.05) is 0 Å². The topological polar surface area (TPSA) is 49.9 Å². The number of rotatable bonds is 1. The van der Waals surface area contributed by atoms with Gasteiger partial charge < -0.3 is 15.0 Å². The lowest BCUT2D eigenvalue weighted by atomic mass is 9.96. The van der Waals surface area contributed by atoms with Gasteiger partial charge in [0, 0.05) is 18.5 Å². The zero-order chi connectivity index (χ0) is 13.5. The molecule has 0 amide bonds. The molecule has 2 N–H and O–H groups in total. The number of morpholine rings is 1. The van der Waals surface area contributed by atoms with Crippen molar-refractivity contribution in [2.24, 2.45) is 0 Å². The summed E-state index contributed by atoms with van der Waals surface area (Å²) >= 11 is 0. The van der Waals surface area contributed by atoms with Gasteiger partial charge in [-0.2, -0.15) is 0 Å². The number of benzene rings is 1. The van der Waals surface area contributed by atoms with Crippen LogP contribution in [0.5, 0.6) is 0 Å². The number of hydrogen-bond donors (Lipinski definition) is 2. The molecule has 1 fully saturated rings. The number of hydrogen-bond acceptors (Lipinski definition) is 3. The maximum Gasteiger partial charge on any atom is 0.112 e. The van der Waals surface area contributed by atoms with E-state index in [1.165, 1.54) is 5.56 Å². The summed E-state index contributed by atoms with van der Waals surface area (Å²) in [6.45, 7) is 9.10. The second-order valence-corrected chi connectivity index (χ2v) is 6.18. The summed E-state index contributed by atoms with van der Waals surface area (Å²) in [5, 5.41) is 3.36. The van der Waals surface area contributed by atoms with Gasteiger partial charge >= 0.3 is 0 Å². The van der Waals surface area contributed by atoms with Gasteiger partial charge in [0.1, 0.15) is 5.82 Å². The zero-order valence-electron chi connectivity index (χ0n) is 11.8. The quantitative estimate of drug-likeness (QED) is 0.827. The molecule has 0 saturated carbocycles. The summed E-state index contributed by atoms with van der Waals surface area (Å²) in [4.78, 5) is 8.09. The van der Waals surface area contributed by atoms with Crippen LogP contribution in [0.25, 0.3) is 11.0 Å². The fourth-order valence-corrected chi connectivity index (χ4v) is 2.36. The number of nitrogens with zero attached hydrogens (tertiary/aromatic N) is 1. The minimum atomic E-state index is 0.0437. The van der Waals surface area contributed by atoms with Gasteiger partial charge in [-0.05, 0) is 17.7 Å². The maximum atomic E-state index is 5.79. The van der Waals surface area contributed by atoms with Crippen molar-refractivity contribution in [1.82, 2.24) is 15.3 Å². The summed E-state index contributed by atoms with van der Waals surface area (Å²) < 4.78 is 5.79. The third kappa shape index (κ3) is 2.51. The van der Waals surface area contributed by atoms with Crippen LogP contribution in [0.15, 0.2) is 18.2 Å². The Morgan fingerprint density at radius 1 is 1.32 bits per heavy atom. The molecule has 1 aliphatic rings. The number of H-pyrrole nitrogens is 1. The van der Waals surface area contributed by atoms with E-state index in [4.69, 9.17) is 4.74 Å². The fraction of sp³-hybridized carbons (Fsp3) is 0.533. The summed E-state index contributed by atoms with van der Waals surface area (Å²) in [5.41, 5.74) is 3.38. The largest absolute Gasteiger partial charge is 0.371 e. The van der Waals surface area contributed by atoms with Gasteiger partial charge in [0.25, 0.3) is 0 Å². The van der Waals surface area contributed by atoms with Crippen LogP contribution < -0.4 is 5.32 Å². The van der Waals surface area contributed by atoms with Crippen LogP contribution in [0.4, 0.5) is 0 Å². The van der Waals surface area contributed by atoms with Gasteiger partial charge in [-0.1, -0.05) is 26.8 Å². The summed E-state index contributed by atoms with van der Waals surface area (Å²) in [6.07, 6.45) is 0.152. The SMILES string of the molecule is CC(C)(C)c1nc2ccc(C3CNCCO3)cc2[nH]1. The highest BCUT2D eigenvalue weighted by molar-refractivity contribution is 5.76. The van der Waals surface area contributed by atoms with Crippen molar-refractivity contribution in [3.63, 3.8) is 0 Å². The molecule has 2 aromatic rings. The van der Waals surface area contributed by atoms with Crippen molar-refractivity contribution < 1.29 is 4.74 Å². The molecule has 4 heteroatoms. The van der Waals surface area contributed by atoms with Crippen LogP contribution in [0.3, 0.4) is 0 Å². The van der Waals surface area contributed by atoms with Gasteiger partial charge in [0.2, 0.25) is 0 Å². The molecule has 1 saturated heterocycles. The molecule has 0 radical (unpaired) electrons. The number of imidazole rings is 1. The van der Waals surface area contributed by atoms with Crippen molar-refractivity contribution in [2.75, 3.05) is 19.7 Å². The number of fused-ring (bicyclic) bond motifs is 1. The van der Waals surface area contributed by atoms with E-state index in [0.717, 1.165) is 36.6 Å². The fourth-order valence-electron chi connectivity index (χ4n) is 2.36. The highest BCUT2D eigenvalue weighted by atomic mass is 16.5. The highest BCUT2D eigenvalue weighted by Gasteiger charge is 2.20. The molecular weight excluding hydrogens is 238 g/mol. The Kier molecular flexibility index (Phi) is 3.07. The zero-order valence-corrected chi connectivity index (χ0v) is 11.8. The van der Waals surface area contributed by atoms with E-state index >= 15 is 0 Å². The van der Waals surface area contributed by atoms with E-state index in [2.05, 4.69) is 54.3 Å². The summed E-state index contributed by atoms with van der Waals surface area (Å²) in [6, 6.07) is 6.36. The predicted molar refractivity (Wildman–Crippen MR) is 76.4 cm³/mol. The molecule has 1 aromatic heterocycles. The minimum absolute atomic E-state index is 0.0437. The first-order valence-corrected chi connectivity index (χ1v) is 6.86. The number of aromatic amines is 1. The van der Waals surface area contributed by atoms with E-state index < -0.39 is 0 Å². The van der Waals surface area contributed by atoms with E-state index in [9.17, 15) is 0 Å². The molecule has 0 spiro atoms. The van der Waals surface area contributed by atoms with E-state index in [1.54, 1.807) is 0 Å². The van der Waals surface area contributed by atoms with Crippen LogP contribution in [0.1, 0.15) is 38.3 Å². The van der Waals surface area contributed by atoms with Crippen molar-refractivity contribution in [1.29, 1.82) is 0 Å². The van der Waals surface area contributed by atoms with E-state index in [0.29, 0.717) is 0 Å². The molecular formula is C15H21N3O. The molecule has 19 heavy (non-hydrogen) atoms. The lowest BCUT2D eigenvalue weighted by molar-refractivity contribution is 0.0278. The first-order valence-electron chi connectivity index (χ1n) is 6.86. The van der Waals surface area contributed by atoms with Crippen molar-refractivity contribution in [3.05, 3.63) is 29.6 Å². The van der Waals surface area contributed by atoms with Crippen LogP contribution in [0.2, 0.25) is 0 Å². The molecule has 1 aliphatic heterocycles. The van der Waals surface area contributed by atoms with Gasteiger partial charge in [-0.3, -0.25) is 0 Å². The highest BCUT2D eigenvalue weighted by Crippen LogP contribution is 2.26. The van der Waals surface area contributed by atoms with Crippen LogP contribution >= 0.6 is 0 Å². The molecule has 1 unspecified atom stereocenters. The third-order valence-corrected chi connectivity index (χ3v) is 3.52. The van der Waals surface area contributed by atoms with Crippen molar-refractivity contribution in [3.8, 4) is 0 Å². The Hall–Kier alpha value is -1.39. The first kappa shape index (κ1) is 12.6. The van der Waals surface area contributed by atoms with Crippen molar-refractivity contribution >= 4 is 11.0 Å². The predicted octanol–water partition coefficient (Wildman–Crippen LogP) is 2.52. The normalized spacial score (nSPS) is 20.9. The molecule has 3 rings (SSSR count). The van der Waals surface area contributed by atoms with Crippen LogP contribution in [-0.2, 0) is 10.2 Å². The second kappa shape index (κ2) is 4.62. The molecule has 0 bridgehead atoms. The number of aromatic nitrogens is 2. The van der Waals surface area contributed by atoms with Gasteiger partial charge in [-0.15, -0.1) is 0 Å². The standard InChI is InChI=1S/C15H21N3O/c1-15(2,3)14-17-11-5-4-10(8-12(11)18-14)13-9-16-6-7-19-13/h4-5,8,13,16H,6-7,9H2,1-3H3,(H,17,18). The Morgan fingerprint density at radius 2 is 2.16 bits per heavy atom. The summed E-state index contributed by atoms with van der Waals surface area (Å²) in [7, 11) is 0. The van der Waals surface area contributed by atoms with Gasteiger partial charge in [0.05, 0.1) is 23.7 Å². The first-order chi connectivity index (χ1) is 9.04. The molecule has 4 nitrogen and oxygen atoms in total. The lowest BCUT2D eigenvalue weighted by Crippen LogP contribution is -2.33. The molecule has 1 aromatic carbocycles. The number of ether oxygens (including phenoxy) is 1. The Morgan fingerprint density at radius 3 is 2.84 bits per heavy atom. The maximum absolute atomic E-state index is 5.79. The molecule has 0 aliphatic carbocycles. The van der Waals surface area contributed by atoms with Crippen molar-refractivity contribution in [2.45, 2.75) is 32.3 Å².